The third kappa shape index (κ3) is 2.99. The van der Waals surface area contributed by atoms with Gasteiger partial charge < -0.3 is 9.64 Å². The van der Waals surface area contributed by atoms with Gasteiger partial charge in [-0.1, -0.05) is 12.1 Å². The first kappa shape index (κ1) is 15.0. The monoisotopic (exact) mass is 302 g/mol. The molecule has 0 unspecified atom stereocenters. The zero-order valence-corrected chi connectivity index (χ0v) is 13.1. The quantitative estimate of drug-likeness (QED) is 0.776. The number of hydrogen-bond acceptors (Lipinski definition) is 4. The number of nitrogens with zero attached hydrogens (tertiary/aromatic N) is 2. The van der Waals surface area contributed by atoms with Crippen molar-refractivity contribution in [1.82, 2.24) is 9.80 Å². The van der Waals surface area contributed by atoms with Crippen LogP contribution in [-0.4, -0.2) is 54.5 Å². The molecule has 0 radical (unpaired) electrons. The lowest BCUT2D eigenvalue weighted by molar-refractivity contribution is -0.132. The number of methoxy groups -OCH3 is 1. The van der Waals surface area contributed by atoms with Crippen molar-refractivity contribution >= 4 is 11.9 Å². The second-order valence-electron chi connectivity index (χ2n) is 6.17. The molecule has 22 heavy (non-hydrogen) atoms. The van der Waals surface area contributed by atoms with Crippen LogP contribution in [0, 0.1) is 0 Å². The van der Waals surface area contributed by atoms with Crippen LogP contribution in [0.5, 0.6) is 0 Å². The molecule has 0 aromatic heterocycles. The van der Waals surface area contributed by atoms with Crippen LogP contribution < -0.4 is 0 Å². The number of carbonyl (C=O) groups is 2. The molecule has 1 heterocycles. The van der Waals surface area contributed by atoms with E-state index in [0.717, 1.165) is 31.4 Å². The molecule has 1 atom stereocenters. The molecule has 1 aliphatic heterocycles. The Morgan fingerprint density at radius 2 is 1.95 bits per heavy atom. The molecular formula is C17H22N2O3. The van der Waals surface area contributed by atoms with Crippen LogP contribution in [0.1, 0.15) is 35.2 Å². The summed E-state index contributed by atoms with van der Waals surface area (Å²) in [7, 11) is 3.37. The number of carbonyl (C=O) groups excluding carboxylic acids is 2. The molecule has 2 fully saturated rings. The minimum absolute atomic E-state index is 0.0131. The van der Waals surface area contributed by atoms with Gasteiger partial charge in [-0.3, -0.25) is 9.69 Å². The zero-order valence-electron chi connectivity index (χ0n) is 13.1. The van der Waals surface area contributed by atoms with Gasteiger partial charge >= 0.3 is 5.97 Å². The Labute approximate surface area is 130 Å². The first-order chi connectivity index (χ1) is 10.6. The van der Waals surface area contributed by atoms with E-state index in [1.54, 1.807) is 12.1 Å². The summed E-state index contributed by atoms with van der Waals surface area (Å²) >= 11 is 0. The second kappa shape index (κ2) is 6.08. The smallest absolute Gasteiger partial charge is 0.337 e. The summed E-state index contributed by atoms with van der Waals surface area (Å²) < 4.78 is 4.69. The minimum Gasteiger partial charge on any atom is -0.465 e. The normalized spacial score (nSPS) is 21.5. The van der Waals surface area contributed by atoms with Gasteiger partial charge in [0, 0.05) is 19.1 Å². The summed E-state index contributed by atoms with van der Waals surface area (Å²) in [6, 6.07) is 7.86. The van der Waals surface area contributed by atoms with Gasteiger partial charge in [-0.05, 0) is 44.0 Å². The lowest BCUT2D eigenvalue weighted by Gasteiger charge is -2.23. The fourth-order valence-electron chi connectivity index (χ4n) is 3.11. The predicted octanol–water partition coefficient (Wildman–Crippen LogP) is 1.67. The van der Waals surface area contributed by atoms with E-state index in [1.165, 1.54) is 7.11 Å². The molecule has 3 rings (SSSR count). The molecule has 1 saturated heterocycles. The van der Waals surface area contributed by atoms with Gasteiger partial charge in [0.05, 0.1) is 18.7 Å². The highest BCUT2D eigenvalue weighted by atomic mass is 16.5. The Morgan fingerprint density at radius 3 is 2.55 bits per heavy atom. The number of likely N-dealkylation sites (tertiary alicyclic amines) is 1. The maximum Gasteiger partial charge on any atom is 0.337 e. The molecule has 5 nitrogen and oxygen atoms in total. The molecular weight excluding hydrogens is 280 g/mol. The van der Waals surface area contributed by atoms with Crippen molar-refractivity contribution < 1.29 is 14.3 Å². The zero-order chi connectivity index (χ0) is 15.7. The largest absolute Gasteiger partial charge is 0.465 e. The maximum absolute atomic E-state index is 12.4. The number of likely N-dealkylation sites (N-methyl/N-ethyl adjacent to an activating group) is 1. The first-order valence-corrected chi connectivity index (χ1v) is 7.78. The summed E-state index contributed by atoms with van der Waals surface area (Å²) in [6.45, 7) is 1.59. The van der Waals surface area contributed by atoms with E-state index < -0.39 is 0 Å². The number of rotatable bonds is 5. The molecule has 0 spiro atoms. The topological polar surface area (TPSA) is 49.9 Å². The molecule has 0 N–H and O–H groups in total. The number of amides is 1. The third-order valence-electron chi connectivity index (χ3n) is 4.54. The number of esters is 1. The van der Waals surface area contributed by atoms with Crippen molar-refractivity contribution in [2.45, 2.75) is 37.9 Å². The van der Waals surface area contributed by atoms with Gasteiger partial charge in [-0.15, -0.1) is 0 Å². The van der Waals surface area contributed by atoms with E-state index in [-0.39, 0.29) is 17.9 Å². The first-order valence-electron chi connectivity index (χ1n) is 7.78. The van der Waals surface area contributed by atoms with E-state index in [1.807, 2.05) is 24.1 Å². The Morgan fingerprint density at radius 1 is 1.27 bits per heavy atom. The minimum atomic E-state index is -0.328. The van der Waals surface area contributed by atoms with E-state index in [2.05, 4.69) is 4.90 Å². The van der Waals surface area contributed by atoms with Crippen LogP contribution in [0.25, 0.3) is 0 Å². The molecule has 1 amide bonds. The average Bonchev–Trinajstić information content (AvgIpc) is 3.29. The summed E-state index contributed by atoms with van der Waals surface area (Å²) in [5.41, 5.74) is 1.64. The van der Waals surface area contributed by atoms with Crippen LogP contribution in [-0.2, 0) is 16.1 Å². The lowest BCUT2D eigenvalue weighted by atomic mass is 10.1. The van der Waals surface area contributed by atoms with Gasteiger partial charge in [0.2, 0.25) is 5.91 Å². The van der Waals surface area contributed by atoms with E-state index in [9.17, 15) is 9.59 Å². The van der Waals surface area contributed by atoms with Crippen molar-refractivity contribution in [3.8, 4) is 0 Å². The second-order valence-corrected chi connectivity index (χ2v) is 6.17. The summed E-state index contributed by atoms with van der Waals surface area (Å²) in [4.78, 5) is 28.0. The Balaban J connectivity index is 1.60. The Hall–Kier alpha value is -1.88. The molecule has 1 aromatic rings. The molecule has 5 heteroatoms. The van der Waals surface area contributed by atoms with E-state index in [4.69, 9.17) is 4.74 Å². The van der Waals surface area contributed by atoms with Crippen molar-refractivity contribution in [1.29, 1.82) is 0 Å². The number of benzene rings is 1. The van der Waals surface area contributed by atoms with Crippen LogP contribution in [0.15, 0.2) is 24.3 Å². The fourth-order valence-corrected chi connectivity index (χ4v) is 3.11. The Kier molecular flexibility index (Phi) is 4.16. The fraction of sp³-hybridized carbons (Fsp3) is 0.529. The molecule has 118 valence electrons. The van der Waals surface area contributed by atoms with Gasteiger partial charge in [-0.25, -0.2) is 4.79 Å². The Bertz CT molecular complexity index is 566. The molecule has 1 aromatic carbocycles. The maximum atomic E-state index is 12.4. The lowest BCUT2D eigenvalue weighted by Crippen LogP contribution is -2.39. The van der Waals surface area contributed by atoms with Gasteiger partial charge in [0.25, 0.3) is 0 Å². The van der Waals surface area contributed by atoms with Gasteiger partial charge in [0.15, 0.2) is 0 Å². The number of hydrogen-bond donors (Lipinski definition) is 0. The van der Waals surface area contributed by atoms with Crippen LogP contribution in [0.4, 0.5) is 0 Å². The summed E-state index contributed by atoms with van der Waals surface area (Å²) in [5, 5.41) is 0. The third-order valence-corrected chi connectivity index (χ3v) is 4.54. The molecule has 2 aliphatic rings. The molecule has 1 saturated carbocycles. The van der Waals surface area contributed by atoms with E-state index >= 15 is 0 Å². The SMILES string of the molecule is COC(=O)c1ccc(CN(C)[C@@H]2CCN(C3CC3)C2=O)cc1. The molecule has 1 aliphatic carbocycles. The van der Waals surface area contributed by atoms with Crippen molar-refractivity contribution in [3.63, 3.8) is 0 Å². The predicted molar refractivity (Wildman–Crippen MR) is 82.4 cm³/mol. The van der Waals surface area contributed by atoms with Crippen molar-refractivity contribution in [2.24, 2.45) is 0 Å². The average molecular weight is 302 g/mol. The highest BCUT2D eigenvalue weighted by Gasteiger charge is 2.41. The molecule has 0 bridgehead atoms. The van der Waals surface area contributed by atoms with Gasteiger partial charge in [-0.2, -0.15) is 0 Å². The summed E-state index contributed by atoms with van der Waals surface area (Å²) in [6.07, 6.45) is 3.24. The van der Waals surface area contributed by atoms with Crippen LogP contribution >= 0.6 is 0 Å². The van der Waals surface area contributed by atoms with Gasteiger partial charge in [0.1, 0.15) is 0 Å². The highest BCUT2D eigenvalue weighted by molar-refractivity contribution is 5.89. The number of ether oxygens (including phenoxy) is 1. The standard InChI is InChI=1S/C17H22N2O3/c1-18(15-9-10-19(16(15)20)14-7-8-14)11-12-3-5-13(6-4-12)17(21)22-2/h3-6,14-15H,7-11H2,1-2H3/t15-/m1/s1. The van der Waals surface area contributed by atoms with Crippen molar-refractivity contribution in [3.05, 3.63) is 35.4 Å². The van der Waals surface area contributed by atoms with Crippen molar-refractivity contribution in [2.75, 3.05) is 20.7 Å². The van der Waals surface area contributed by atoms with Crippen LogP contribution in [0.3, 0.4) is 0 Å². The van der Waals surface area contributed by atoms with Crippen LogP contribution in [0.2, 0.25) is 0 Å². The summed E-state index contributed by atoms with van der Waals surface area (Å²) in [5.74, 6) is -0.0536. The highest BCUT2D eigenvalue weighted by Crippen LogP contribution is 2.32. The van der Waals surface area contributed by atoms with E-state index in [0.29, 0.717) is 18.2 Å².